The van der Waals surface area contributed by atoms with Gasteiger partial charge < -0.3 is 9.52 Å². The molecule has 0 aliphatic rings. The van der Waals surface area contributed by atoms with Gasteiger partial charge in [0.25, 0.3) is 0 Å². The molecule has 3 aromatic rings. The number of thiophene rings is 2. The molecule has 0 spiro atoms. The van der Waals surface area contributed by atoms with Crippen molar-refractivity contribution in [3.63, 3.8) is 0 Å². The SMILES string of the molecule is CCC(c1cccs1)c1c(O)cc(CCCCc2cccs2)oc1=O. The Kier molecular flexibility index (Phi) is 6.10. The van der Waals surface area contributed by atoms with Crippen LogP contribution in [0.1, 0.15) is 53.2 Å². The van der Waals surface area contributed by atoms with Crippen molar-refractivity contribution in [1.82, 2.24) is 0 Å². The number of aromatic hydroxyl groups is 1. The zero-order valence-electron chi connectivity index (χ0n) is 14.2. The zero-order chi connectivity index (χ0) is 17.6. The molecule has 0 aliphatic heterocycles. The molecular weight excluding hydrogens is 352 g/mol. The van der Waals surface area contributed by atoms with Gasteiger partial charge in [-0.15, -0.1) is 22.7 Å². The fourth-order valence-electron chi connectivity index (χ4n) is 3.07. The van der Waals surface area contributed by atoms with Crippen LogP contribution in [0.3, 0.4) is 0 Å². The third-order valence-corrected chi connectivity index (χ3v) is 6.26. The molecule has 0 saturated heterocycles. The molecule has 1 unspecified atom stereocenters. The van der Waals surface area contributed by atoms with E-state index in [1.54, 1.807) is 28.7 Å². The Labute approximate surface area is 155 Å². The highest BCUT2D eigenvalue weighted by molar-refractivity contribution is 7.10. The van der Waals surface area contributed by atoms with Crippen LogP contribution in [0.4, 0.5) is 0 Å². The molecule has 0 aromatic carbocycles. The van der Waals surface area contributed by atoms with Gasteiger partial charge in [0.15, 0.2) is 0 Å². The van der Waals surface area contributed by atoms with Gasteiger partial charge in [0.05, 0.1) is 5.56 Å². The Balaban J connectivity index is 1.68. The summed E-state index contributed by atoms with van der Waals surface area (Å²) in [7, 11) is 0. The first-order chi connectivity index (χ1) is 12.2. The van der Waals surface area contributed by atoms with Gasteiger partial charge in [-0.05, 0) is 48.6 Å². The highest BCUT2D eigenvalue weighted by atomic mass is 32.1. The van der Waals surface area contributed by atoms with Gasteiger partial charge in [0.2, 0.25) is 0 Å². The molecule has 0 amide bonds. The average molecular weight is 375 g/mol. The highest BCUT2D eigenvalue weighted by Crippen LogP contribution is 2.34. The minimum atomic E-state index is -0.409. The van der Waals surface area contributed by atoms with Crippen LogP contribution in [-0.4, -0.2) is 5.11 Å². The Bertz CT molecular complexity index is 832. The molecule has 0 fully saturated rings. The number of aryl methyl sites for hydroxylation is 2. The van der Waals surface area contributed by atoms with E-state index in [4.69, 9.17) is 4.42 Å². The zero-order valence-corrected chi connectivity index (χ0v) is 15.9. The normalized spacial score (nSPS) is 12.4. The van der Waals surface area contributed by atoms with Crippen molar-refractivity contribution in [1.29, 1.82) is 0 Å². The van der Waals surface area contributed by atoms with Crippen molar-refractivity contribution in [2.75, 3.05) is 0 Å². The highest BCUT2D eigenvalue weighted by Gasteiger charge is 2.22. The molecule has 0 bridgehead atoms. The first kappa shape index (κ1) is 18.0. The minimum absolute atomic E-state index is 0.0600. The van der Waals surface area contributed by atoms with Crippen molar-refractivity contribution in [3.05, 3.63) is 72.6 Å². The minimum Gasteiger partial charge on any atom is -0.507 e. The number of hydrogen-bond donors (Lipinski definition) is 1. The van der Waals surface area contributed by atoms with Gasteiger partial charge in [-0.2, -0.15) is 0 Å². The van der Waals surface area contributed by atoms with Crippen molar-refractivity contribution >= 4 is 22.7 Å². The molecule has 0 aliphatic carbocycles. The Morgan fingerprint density at radius 2 is 1.88 bits per heavy atom. The fourth-order valence-corrected chi connectivity index (χ4v) is 4.74. The lowest BCUT2D eigenvalue weighted by Gasteiger charge is -2.14. The number of unbranched alkanes of at least 4 members (excludes halogenated alkanes) is 1. The molecule has 3 heterocycles. The molecule has 1 N–H and O–H groups in total. The van der Waals surface area contributed by atoms with Crippen LogP contribution < -0.4 is 5.63 Å². The van der Waals surface area contributed by atoms with E-state index in [-0.39, 0.29) is 11.7 Å². The summed E-state index contributed by atoms with van der Waals surface area (Å²) in [5.41, 5.74) is -0.0270. The molecule has 1 atom stereocenters. The maximum Gasteiger partial charge on any atom is 0.343 e. The topological polar surface area (TPSA) is 50.4 Å². The van der Waals surface area contributed by atoms with Crippen LogP contribution in [-0.2, 0) is 12.8 Å². The largest absolute Gasteiger partial charge is 0.507 e. The Morgan fingerprint density at radius 1 is 1.12 bits per heavy atom. The van der Waals surface area contributed by atoms with Crippen molar-refractivity contribution < 1.29 is 9.52 Å². The first-order valence-corrected chi connectivity index (χ1v) is 10.4. The van der Waals surface area contributed by atoms with Gasteiger partial charge in [0.1, 0.15) is 11.5 Å². The standard InChI is InChI=1S/C20H22O3S2/c1-2-16(18-10-6-12-25-18)19-17(21)13-14(23-20(19)22)7-3-4-8-15-9-5-11-24-15/h5-6,9-13,16,21H,2-4,7-8H2,1H3. The third kappa shape index (κ3) is 4.41. The summed E-state index contributed by atoms with van der Waals surface area (Å²) < 4.78 is 5.50. The predicted octanol–water partition coefficient (Wildman–Crippen LogP) is 5.58. The molecule has 3 aromatic heterocycles. The van der Waals surface area contributed by atoms with Crippen LogP contribution in [0.15, 0.2) is 50.3 Å². The summed E-state index contributed by atoms with van der Waals surface area (Å²) in [5, 5.41) is 14.5. The second-order valence-corrected chi connectivity index (χ2v) is 8.07. The molecule has 0 saturated carbocycles. The lowest BCUT2D eigenvalue weighted by Crippen LogP contribution is -2.14. The number of rotatable bonds is 8. The quantitative estimate of drug-likeness (QED) is 0.524. The van der Waals surface area contributed by atoms with E-state index >= 15 is 0 Å². The maximum atomic E-state index is 12.5. The van der Waals surface area contributed by atoms with Crippen LogP contribution in [0.25, 0.3) is 0 Å². The molecule has 3 rings (SSSR count). The lowest BCUT2D eigenvalue weighted by molar-refractivity contribution is 0.404. The van der Waals surface area contributed by atoms with Crippen molar-refractivity contribution in [2.45, 2.75) is 44.9 Å². The smallest absolute Gasteiger partial charge is 0.343 e. The van der Waals surface area contributed by atoms with Crippen LogP contribution in [0.5, 0.6) is 5.75 Å². The number of hydrogen-bond acceptors (Lipinski definition) is 5. The van der Waals surface area contributed by atoms with Crippen molar-refractivity contribution in [3.8, 4) is 5.75 Å². The third-order valence-electron chi connectivity index (χ3n) is 4.34. The van der Waals surface area contributed by atoms with Gasteiger partial charge >= 0.3 is 5.63 Å². The summed E-state index contributed by atoms with van der Waals surface area (Å²) >= 11 is 3.36. The van der Waals surface area contributed by atoms with Gasteiger partial charge in [-0.25, -0.2) is 4.79 Å². The molecule has 0 radical (unpaired) electrons. The first-order valence-electron chi connectivity index (χ1n) is 8.60. The molecule has 3 nitrogen and oxygen atoms in total. The summed E-state index contributed by atoms with van der Waals surface area (Å²) in [5.74, 6) is 0.521. The average Bonchev–Trinajstić information content (AvgIpc) is 3.28. The summed E-state index contributed by atoms with van der Waals surface area (Å²) in [4.78, 5) is 14.9. The Morgan fingerprint density at radius 3 is 2.52 bits per heavy atom. The predicted molar refractivity (Wildman–Crippen MR) is 104 cm³/mol. The lowest BCUT2D eigenvalue weighted by atomic mass is 9.95. The van der Waals surface area contributed by atoms with Gasteiger partial charge in [0, 0.05) is 28.2 Å². The molecule has 132 valence electrons. The van der Waals surface area contributed by atoms with E-state index in [1.165, 1.54) is 4.88 Å². The van der Waals surface area contributed by atoms with E-state index in [1.807, 2.05) is 24.4 Å². The Hall–Kier alpha value is -1.85. The van der Waals surface area contributed by atoms with Gasteiger partial charge in [-0.3, -0.25) is 0 Å². The monoisotopic (exact) mass is 374 g/mol. The second-order valence-electron chi connectivity index (χ2n) is 6.06. The van der Waals surface area contributed by atoms with E-state index in [2.05, 4.69) is 17.5 Å². The van der Waals surface area contributed by atoms with E-state index in [9.17, 15) is 9.90 Å². The maximum absolute atomic E-state index is 12.5. The molecular formula is C20H22O3S2. The summed E-state index contributed by atoms with van der Waals surface area (Å²) in [6, 6.07) is 9.78. The summed E-state index contributed by atoms with van der Waals surface area (Å²) in [6.07, 6.45) is 4.44. The van der Waals surface area contributed by atoms with E-state index < -0.39 is 5.63 Å². The second kappa shape index (κ2) is 8.50. The van der Waals surface area contributed by atoms with Gasteiger partial charge in [-0.1, -0.05) is 19.1 Å². The van der Waals surface area contributed by atoms with Crippen molar-refractivity contribution in [2.24, 2.45) is 0 Å². The van der Waals surface area contributed by atoms with Crippen LogP contribution >= 0.6 is 22.7 Å². The fraction of sp³-hybridized carbons (Fsp3) is 0.350. The van der Waals surface area contributed by atoms with Crippen LogP contribution in [0.2, 0.25) is 0 Å². The van der Waals surface area contributed by atoms with Crippen LogP contribution in [0, 0.1) is 0 Å². The summed E-state index contributed by atoms with van der Waals surface area (Å²) in [6.45, 7) is 2.02. The molecule has 5 heteroatoms. The van der Waals surface area contributed by atoms with E-state index in [0.29, 0.717) is 17.7 Å². The van der Waals surface area contributed by atoms with E-state index in [0.717, 1.165) is 30.6 Å². The molecule has 25 heavy (non-hydrogen) atoms.